The van der Waals surface area contributed by atoms with Crippen molar-refractivity contribution in [2.24, 2.45) is 0 Å². The summed E-state index contributed by atoms with van der Waals surface area (Å²) in [6, 6.07) is 8.19. The Morgan fingerprint density at radius 3 is 3.00 bits per heavy atom. The number of amides is 1. The zero-order valence-corrected chi connectivity index (χ0v) is 11.6. The lowest BCUT2D eigenvalue weighted by Gasteiger charge is -2.19. The van der Waals surface area contributed by atoms with Crippen molar-refractivity contribution in [2.75, 3.05) is 5.75 Å². The summed E-state index contributed by atoms with van der Waals surface area (Å²) in [4.78, 5) is 12.2. The molecule has 1 fully saturated rings. The van der Waals surface area contributed by atoms with Crippen molar-refractivity contribution >= 4 is 29.3 Å². The molecule has 0 bridgehead atoms. The van der Waals surface area contributed by atoms with Gasteiger partial charge in [0.05, 0.1) is 16.7 Å². The summed E-state index contributed by atoms with van der Waals surface area (Å²) in [5, 5.41) is 3.25. The Balaban J connectivity index is 1.74. The normalized spacial score (nSPS) is 30.2. The summed E-state index contributed by atoms with van der Waals surface area (Å²) in [5.74, 6) is 1.26. The highest BCUT2D eigenvalue weighted by Crippen LogP contribution is 2.35. The summed E-state index contributed by atoms with van der Waals surface area (Å²) in [7, 11) is 0. The molecule has 4 heteroatoms. The third kappa shape index (κ3) is 2.26. The molecule has 96 valence electrons. The lowest BCUT2D eigenvalue weighted by molar-refractivity contribution is -0.121. The van der Waals surface area contributed by atoms with E-state index in [1.165, 1.54) is 11.1 Å². The number of halogens is 1. The smallest absolute Gasteiger partial charge is 0.233 e. The van der Waals surface area contributed by atoms with Crippen LogP contribution >= 0.6 is 23.4 Å². The van der Waals surface area contributed by atoms with E-state index in [0.29, 0.717) is 0 Å². The molecule has 3 atom stereocenters. The number of fused-ring (bicyclic) bond motifs is 1. The maximum Gasteiger partial charge on any atom is 0.233 e. The number of thioether (sulfide) groups is 1. The molecule has 2 nitrogen and oxygen atoms in total. The van der Waals surface area contributed by atoms with Crippen LogP contribution in [0.3, 0.4) is 0 Å². The first kappa shape index (κ1) is 12.4. The van der Waals surface area contributed by atoms with Crippen molar-refractivity contribution < 1.29 is 4.79 Å². The summed E-state index contributed by atoms with van der Waals surface area (Å²) < 4.78 is 0. The van der Waals surface area contributed by atoms with Crippen molar-refractivity contribution in [3.8, 4) is 0 Å². The Hall–Kier alpha value is -0.670. The second-order valence-electron chi connectivity index (χ2n) is 4.91. The van der Waals surface area contributed by atoms with Gasteiger partial charge in [0, 0.05) is 0 Å². The van der Waals surface area contributed by atoms with Gasteiger partial charge in [0.15, 0.2) is 0 Å². The maximum atomic E-state index is 12.2. The van der Waals surface area contributed by atoms with Gasteiger partial charge in [-0.25, -0.2) is 0 Å². The number of hydrogen-bond acceptors (Lipinski definition) is 2. The highest BCUT2D eigenvalue weighted by Gasteiger charge is 2.34. The topological polar surface area (TPSA) is 29.1 Å². The van der Waals surface area contributed by atoms with Gasteiger partial charge in [0.2, 0.25) is 5.91 Å². The number of alkyl halides is 1. The van der Waals surface area contributed by atoms with Crippen LogP contribution in [0.2, 0.25) is 0 Å². The average Bonchev–Trinajstić information content (AvgIpc) is 2.98. The van der Waals surface area contributed by atoms with Gasteiger partial charge in [-0.2, -0.15) is 0 Å². The van der Waals surface area contributed by atoms with Gasteiger partial charge in [-0.15, -0.1) is 23.4 Å². The van der Waals surface area contributed by atoms with Crippen molar-refractivity contribution in [3.63, 3.8) is 0 Å². The molecule has 1 aliphatic carbocycles. The van der Waals surface area contributed by atoms with Crippen molar-refractivity contribution in [1.82, 2.24) is 5.32 Å². The first-order valence-corrected chi connectivity index (χ1v) is 7.88. The van der Waals surface area contributed by atoms with Gasteiger partial charge in [-0.1, -0.05) is 24.3 Å². The molecular formula is C14H16ClNOS. The third-order valence-corrected chi connectivity index (χ3v) is 5.47. The van der Waals surface area contributed by atoms with E-state index in [1.54, 1.807) is 11.8 Å². The maximum absolute atomic E-state index is 12.2. The largest absolute Gasteiger partial charge is 0.347 e. The predicted molar refractivity (Wildman–Crippen MR) is 76.2 cm³/mol. The van der Waals surface area contributed by atoms with E-state index < -0.39 is 0 Å². The molecule has 3 unspecified atom stereocenters. The quantitative estimate of drug-likeness (QED) is 0.845. The molecule has 18 heavy (non-hydrogen) atoms. The predicted octanol–water partition coefficient (Wildman–Crippen LogP) is 2.90. The van der Waals surface area contributed by atoms with Gasteiger partial charge in [-0.05, 0) is 36.1 Å². The van der Waals surface area contributed by atoms with Crippen LogP contribution in [0, 0.1) is 0 Å². The van der Waals surface area contributed by atoms with E-state index >= 15 is 0 Å². The Kier molecular flexibility index (Phi) is 3.53. The number of carbonyl (C=O) groups excluding carboxylic acids is 1. The molecule has 3 rings (SSSR count). The van der Waals surface area contributed by atoms with Gasteiger partial charge in [0.25, 0.3) is 0 Å². The lowest BCUT2D eigenvalue weighted by Crippen LogP contribution is -2.37. The van der Waals surface area contributed by atoms with Crippen LogP contribution in [0.4, 0.5) is 0 Å². The Bertz CT molecular complexity index is 459. The second kappa shape index (κ2) is 5.14. The molecule has 1 saturated heterocycles. The fraction of sp³-hybridized carbons (Fsp3) is 0.500. The number of nitrogens with one attached hydrogen (secondary N) is 1. The highest BCUT2D eigenvalue weighted by molar-refractivity contribution is 8.00. The standard InChI is InChI=1S/C14H16ClNOS/c15-11-8-9-4-1-2-5-10(9)13(11)16-14(17)12-6-3-7-18-12/h1-2,4-5,11-13H,3,6-8H2,(H,16,17). The fourth-order valence-electron chi connectivity index (χ4n) is 2.75. The van der Waals surface area contributed by atoms with E-state index in [2.05, 4.69) is 17.4 Å². The zero-order valence-electron chi connectivity index (χ0n) is 10.1. The molecule has 2 aliphatic rings. The average molecular weight is 282 g/mol. The summed E-state index contributed by atoms with van der Waals surface area (Å²) in [6.07, 6.45) is 2.99. The summed E-state index contributed by atoms with van der Waals surface area (Å²) >= 11 is 8.13. The van der Waals surface area contributed by atoms with E-state index in [1.807, 2.05) is 12.1 Å². The van der Waals surface area contributed by atoms with Gasteiger partial charge >= 0.3 is 0 Å². The molecule has 1 aliphatic heterocycles. The number of rotatable bonds is 2. The highest BCUT2D eigenvalue weighted by atomic mass is 35.5. The molecule has 0 radical (unpaired) electrons. The minimum Gasteiger partial charge on any atom is -0.347 e. The van der Waals surface area contributed by atoms with Crippen LogP contribution in [0.15, 0.2) is 24.3 Å². The molecule has 1 heterocycles. The summed E-state index contributed by atoms with van der Waals surface area (Å²) in [5.41, 5.74) is 2.45. The minimum atomic E-state index is -0.0171. The Labute approximate surface area is 116 Å². The number of hydrogen-bond donors (Lipinski definition) is 1. The number of benzene rings is 1. The zero-order chi connectivity index (χ0) is 12.5. The fourth-order valence-corrected chi connectivity index (χ4v) is 4.28. The minimum absolute atomic E-state index is 0.0160. The third-order valence-electron chi connectivity index (χ3n) is 3.69. The van der Waals surface area contributed by atoms with E-state index in [-0.39, 0.29) is 22.6 Å². The van der Waals surface area contributed by atoms with Gasteiger partial charge in [0.1, 0.15) is 0 Å². The molecule has 0 spiro atoms. The van der Waals surface area contributed by atoms with Crippen LogP contribution in [0.1, 0.15) is 30.0 Å². The molecule has 1 aromatic carbocycles. The van der Waals surface area contributed by atoms with Crippen molar-refractivity contribution in [3.05, 3.63) is 35.4 Å². The molecule has 1 aromatic rings. The van der Waals surface area contributed by atoms with Crippen LogP contribution < -0.4 is 5.32 Å². The van der Waals surface area contributed by atoms with Crippen LogP contribution in [0.25, 0.3) is 0 Å². The van der Waals surface area contributed by atoms with Crippen LogP contribution in [-0.2, 0) is 11.2 Å². The Morgan fingerprint density at radius 1 is 1.39 bits per heavy atom. The SMILES string of the molecule is O=C(NC1c2ccccc2CC1Cl)C1CCCS1. The van der Waals surface area contributed by atoms with Gasteiger partial charge in [-0.3, -0.25) is 4.79 Å². The molecule has 0 saturated carbocycles. The van der Waals surface area contributed by atoms with Crippen LogP contribution in [0.5, 0.6) is 0 Å². The molecule has 1 amide bonds. The lowest BCUT2D eigenvalue weighted by atomic mass is 10.1. The summed E-state index contributed by atoms with van der Waals surface area (Å²) in [6.45, 7) is 0. The first-order chi connectivity index (χ1) is 8.75. The van der Waals surface area contributed by atoms with E-state index in [0.717, 1.165) is 25.0 Å². The van der Waals surface area contributed by atoms with Crippen molar-refractivity contribution in [1.29, 1.82) is 0 Å². The Morgan fingerprint density at radius 2 is 2.22 bits per heavy atom. The van der Waals surface area contributed by atoms with E-state index in [4.69, 9.17) is 11.6 Å². The van der Waals surface area contributed by atoms with Gasteiger partial charge < -0.3 is 5.32 Å². The first-order valence-electron chi connectivity index (χ1n) is 6.39. The molecule has 0 aromatic heterocycles. The second-order valence-corrected chi connectivity index (χ2v) is 6.78. The monoisotopic (exact) mass is 281 g/mol. The molecule has 1 N–H and O–H groups in total. The number of carbonyl (C=O) groups is 1. The van der Waals surface area contributed by atoms with Crippen molar-refractivity contribution in [2.45, 2.75) is 35.9 Å². The van der Waals surface area contributed by atoms with E-state index in [9.17, 15) is 4.79 Å². The van der Waals surface area contributed by atoms with Crippen LogP contribution in [-0.4, -0.2) is 22.3 Å². The molecular weight excluding hydrogens is 266 g/mol.